The Morgan fingerprint density at radius 3 is 2.59 bits per heavy atom. The number of aromatic amines is 1. The third kappa shape index (κ3) is 5.71. The number of rotatable bonds is 9. The lowest BCUT2D eigenvalue weighted by Crippen LogP contribution is -2.46. The summed E-state index contributed by atoms with van der Waals surface area (Å²) in [4.78, 5) is 33.1. The highest BCUT2D eigenvalue weighted by Gasteiger charge is 2.23. The van der Waals surface area contributed by atoms with Gasteiger partial charge in [0, 0.05) is 18.5 Å². The molecule has 5 N–H and O–H groups in total. The Hall–Kier alpha value is -3.24. The molecule has 1 aromatic carbocycles. The molecule has 0 saturated carbocycles. The van der Waals surface area contributed by atoms with E-state index in [0.29, 0.717) is 29.4 Å². The molecule has 32 heavy (non-hydrogen) atoms. The van der Waals surface area contributed by atoms with E-state index in [1.165, 1.54) is 12.7 Å². The maximum Gasteiger partial charge on any atom is 0.329 e. The monoisotopic (exact) mass is 461 g/mol. The van der Waals surface area contributed by atoms with Crippen molar-refractivity contribution in [2.75, 3.05) is 25.5 Å². The van der Waals surface area contributed by atoms with Crippen LogP contribution in [0.2, 0.25) is 0 Å². The van der Waals surface area contributed by atoms with E-state index in [1.807, 2.05) is 18.3 Å². The summed E-state index contributed by atoms with van der Waals surface area (Å²) in [6.45, 7) is 4.06. The van der Waals surface area contributed by atoms with Crippen LogP contribution in [0, 0.1) is 13.8 Å². The van der Waals surface area contributed by atoms with Gasteiger partial charge in [-0.3, -0.25) is 9.89 Å². The highest BCUT2D eigenvalue weighted by atomic mass is 35.5. The molecule has 0 aliphatic rings. The maximum absolute atomic E-state index is 12.6. The van der Waals surface area contributed by atoms with E-state index in [1.54, 1.807) is 13.8 Å². The number of fused-ring (bicyclic) bond motifs is 1. The summed E-state index contributed by atoms with van der Waals surface area (Å²) in [6.07, 6.45) is 3.61. The van der Waals surface area contributed by atoms with Gasteiger partial charge in [-0.25, -0.2) is 14.8 Å². The smallest absolute Gasteiger partial charge is 0.329 e. The quantitative estimate of drug-likeness (QED) is 0.278. The summed E-state index contributed by atoms with van der Waals surface area (Å²) in [5.41, 5.74) is 9.14. The van der Waals surface area contributed by atoms with Crippen LogP contribution >= 0.6 is 12.4 Å². The Morgan fingerprint density at radius 2 is 1.94 bits per heavy atom. The first kappa shape index (κ1) is 25.0. The van der Waals surface area contributed by atoms with Crippen molar-refractivity contribution in [3.05, 3.63) is 46.9 Å². The number of nitrogens with zero attached hydrogens (tertiary/aromatic N) is 3. The third-order valence-electron chi connectivity index (χ3n) is 5.01. The van der Waals surface area contributed by atoms with Gasteiger partial charge in [0.15, 0.2) is 0 Å². The number of H-pyrrole nitrogens is 1. The minimum absolute atomic E-state index is 0. The molecule has 3 rings (SSSR count). The standard InChI is InChI=1S/C21H27N7O3.ClH/c1-12-18(19(29)27-17(10-22)20(30)31-3)13(2)26-21(25-12)23-9-5-7-14-6-4-8-16-15(14)11-24-28-16;/h4,6,8,11,17H,5,7,9-10,22H2,1-3H3,(H,24,28)(H,27,29)(H,23,25,26);1H. The number of esters is 1. The molecule has 0 aliphatic heterocycles. The Bertz CT molecular complexity index is 1060. The van der Waals surface area contributed by atoms with E-state index < -0.39 is 17.9 Å². The molecule has 1 amide bonds. The summed E-state index contributed by atoms with van der Waals surface area (Å²) < 4.78 is 4.65. The average molecular weight is 462 g/mol. The zero-order chi connectivity index (χ0) is 22.4. The van der Waals surface area contributed by atoms with Crippen LogP contribution in [0.25, 0.3) is 10.9 Å². The van der Waals surface area contributed by atoms with Crippen molar-refractivity contribution in [3.8, 4) is 0 Å². The van der Waals surface area contributed by atoms with Gasteiger partial charge in [-0.1, -0.05) is 12.1 Å². The number of anilines is 1. The summed E-state index contributed by atoms with van der Waals surface area (Å²) in [7, 11) is 1.24. The molecule has 2 heterocycles. The van der Waals surface area contributed by atoms with Gasteiger partial charge in [-0.2, -0.15) is 5.10 Å². The molecule has 172 valence electrons. The second kappa shape index (κ2) is 11.4. The van der Waals surface area contributed by atoms with E-state index >= 15 is 0 Å². The van der Waals surface area contributed by atoms with Gasteiger partial charge < -0.3 is 21.1 Å². The van der Waals surface area contributed by atoms with Crippen molar-refractivity contribution in [1.29, 1.82) is 0 Å². The Balaban J connectivity index is 0.00000363. The van der Waals surface area contributed by atoms with Crippen LogP contribution in [0.15, 0.2) is 24.4 Å². The molecule has 0 bridgehead atoms. The van der Waals surface area contributed by atoms with Crippen LogP contribution in [-0.4, -0.2) is 58.3 Å². The molecule has 1 atom stereocenters. The van der Waals surface area contributed by atoms with E-state index in [-0.39, 0.29) is 19.0 Å². The normalized spacial score (nSPS) is 11.5. The van der Waals surface area contributed by atoms with Crippen molar-refractivity contribution in [1.82, 2.24) is 25.5 Å². The van der Waals surface area contributed by atoms with Gasteiger partial charge in [-0.05, 0) is 38.3 Å². The number of carbonyl (C=O) groups excluding carboxylic acids is 2. The molecule has 0 aliphatic carbocycles. The number of ether oxygens (including phenoxy) is 1. The first-order chi connectivity index (χ1) is 14.9. The van der Waals surface area contributed by atoms with E-state index in [9.17, 15) is 9.59 Å². The minimum Gasteiger partial charge on any atom is -0.467 e. The summed E-state index contributed by atoms with van der Waals surface area (Å²) in [6, 6.07) is 5.19. The summed E-state index contributed by atoms with van der Waals surface area (Å²) in [5.74, 6) is -0.608. The molecule has 10 nitrogen and oxygen atoms in total. The van der Waals surface area contributed by atoms with Gasteiger partial charge in [0.05, 0.1) is 35.8 Å². The summed E-state index contributed by atoms with van der Waals surface area (Å²) >= 11 is 0. The van der Waals surface area contributed by atoms with Crippen molar-refractivity contribution in [2.24, 2.45) is 5.73 Å². The lowest BCUT2D eigenvalue weighted by molar-refractivity contribution is -0.142. The summed E-state index contributed by atoms with van der Waals surface area (Å²) in [5, 5.41) is 14.0. The van der Waals surface area contributed by atoms with Crippen LogP contribution in [0.4, 0.5) is 5.95 Å². The third-order valence-corrected chi connectivity index (χ3v) is 5.01. The van der Waals surface area contributed by atoms with E-state index in [0.717, 1.165) is 23.7 Å². The molecular weight excluding hydrogens is 434 g/mol. The number of nitrogens with one attached hydrogen (secondary N) is 3. The second-order valence-corrected chi connectivity index (χ2v) is 7.16. The largest absolute Gasteiger partial charge is 0.467 e. The fourth-order valence-corrected chi connectivity index (χ4v) is 3.44. The number of aromatic nitrogens is 4. The van der Waals surface area contributed by atoms with Crippen LogP contribution in [-0.2, 0) is 16.0 Å². The van der Waals surface area contributed by atoms with Gasteiger partial charge in [0.1, 0.15) is 6.04 Å². The number of amides is 1. The average Bonchev–Trinajstić information content (AvgIpc) is 3.23. The molecule has 2 aromatic heterocycles. The fourth-order valence-electron chi connectivity index (χ4n) is 3.44. The van der Waals surface area contributed by atoms with Crippen LogP contribution < -0.4 is 16.4 Å². The van der Waals surface area contributed by atoms with Gasteiger partial charge in [0.25, 0.3) is 5.91 Å². The second-order valence-electron chi connectivity index (χ2n) is 7.16. The van der Waals surface area contributed by atoms with Gasteiger partial charge in [0.2, 0.25) is 5.95 Å². The molecule has 3 aromatic rings. The number of benzene rings is 1. The Kier molecular flexibility index (Phi) is 8.91. The van der Waals surface area contributed by atoms with Gasteiger partial charge in [-0.15, -0.1) is 12.4 Å². The molecular formula is C21H28ClN7O3. The van der Waals surface area contributed by atoms with Crippen molar-refractivity contribution in [3.63, 3.8) is 0 Å². The minimum atomic E-state index is -0.922. The zero-order valence-electron chi connectivity index (χ0n) is 18.3. The predicted octanol–water partition coefficient (Wildman–Crippen LogP) is 1.67. The Morgan fingerprint density at radius 1 is 1.22 bits per heavy atom. The molecule has 0 spiro atoms. The molecule has 0 radical (unpaired) electrons. The molecule has 11 heteroatoms. The van der Waals surface area contributed by atoms with Crippen LogP contribution in [0.1, 0.15) is 33.7 Å². The van der Waals surface area contributed by atoms with Gasteiger partial charge >= 0.3 is 5.97 Å². The Labute approximate surface area is 192 Å². The maximum atomic E-state index is 12.6. The number of aryl methyl sites for hydroxylation is 3. The number of hydrogen-bond acceptors (Lipinski definition) is 8. The van der Waals surface area contributed by atoms with Crippen molar-refractivity contribution < 1.29 is 14.3 Å². The van der Waals surface area contributed by atoms with Crippen LogP contribution in [0.3, 0.4) is 0 Å². The number of halogens is 1. The number of carbonyl (C=O) groups is 2. The molecule has 0 fully saturated rings. The fraction of sp³-hybridized carbons (Fsp3) is 0.381. The van der Waals surface area contributed by atoms with E-state index in [4.69, 9.17) is 5.73 Å². The van der Waals surface area contributed by atoms with Crippen molar-refractivity contribution >= 4 is 41.1 Å². The zero-order valence-corrected chi connectivity index (χ0v) is 19.1. The van der Waals surface area contributed by atoms with Crippen LogP contribution in [0.5, 0.6) is 0 Å². The lowest BCUT2D eigenvalue weighted by atomic mass is 10.1. The topological polar surface area (TPSA) is 148 Å². The number of nitrogens with two attached hydrogens (primary N) is 1. The highest BCUT2D eigenvalue weighted by Crippen LogP contribution is 2.18. The highest BCUT2D eigenvalue weighted by molar-refractivity contribution is 5.98. The first-order valence-corrected chi connectivity index (χ1v) is 10.0. The number of methoxy groups -OCH3 is 1. The number of hydrogen-bond donors (Lipinski definition) is 4. The molecule has 1 unspecified atom stereocenters. The SMILES string of the molecule is COC(=O)C(CN)NC(=O)c1c(C)nc(NCCCc2cccc3[nH]ncc23)nc1C.Cl. The van der Waals surface area contributed by atoms with E-state index in [2.05, 4.69) is 41.6 Å². The van der Waals surface area contributed by atoms with Crippen molar-refractivity contribution in [2.45, 2.75) is 32.7 Å². The lowest BCUT2D eigenvalue weighted by Gasteiger charge is -2.16. The first-order valence-electron chi connectivity index (χ1n) is 10.0. The predicted molar refractivity (Wildman–Crippen MR) is 124 cm³/mol. The molecule has 0 saturated heterocycles.